The Hall–Kier alpha value is -2.15. The molecule has 1 amide bonds. The lowest BCUT2D eigenvalue weighted by Crippen LogP contribution is -2.27. The number of halogens is 1. The van der Waals surface area contributed by atoms with Crippen LogP contribution in [-0.2, 0) is 0 Å². The van der Waals surface area contributed by atoms with Crippen LogP contribution in [0.15, 0.2) is 41.2 Å². The third-order valence-corrected chi connectivity index (χ3v) is 2.93. The molecule has 1 N–H and O–H groups in total. The van der Waals surface area contributed by atoms with Crippen molar-refractivity contribution in [2.45, 2.75) is 0 Å². The van der Waals surface area contributed by atoms with E-state index < -0.39 is 11.9 Å². The number of alkyl halides is 1. The standard InChI is InChI=1S/C13H12FN3O2S/c14-7-8-17(13(19)20)10-3-1-9(2-4-10)11-5-6-12(18)16-15-11/h1-6H,7-8H2,(H,16,18)(H,19,20). The summed E-state index contributed by atoms with van der Waals surface area (Å²) in [6, 6.07) is 9.79. The van der Waals surface area contributed by atoms with Gasteiger partial charge in [0.05, 0.1) is 12.2 Å². The lowest BCUT2D eigenvalue weighted by molar-refractivity contribution is 0.264. The number of aromatic amines is 1. The van der Waals surface area contributed by atoms with Crippen LogP contribution >= 0.6 is 12.6 Å². The normalized spacial score (nSPS) is 10.3. The fraction of sp³-hybridized carbons (Fsp3) is 0.154. The van der Waals surface area contributed by atoms with Gasteiger partial charge in [0.15, 0.2) is 0 Å². The Balaban J connectivity index is 2.27. The van der Waals surface area contributed by atoms with Crippen molar-refractivity contribution in [3.8, 4) is 11.3 Å². The molecule has 1 aromatic carbocycles. The SMILES string of the molecule is O=C(S)N(CCF)c1ccc(-c2ccc(=O)[nH]n2)cc1. The van der Waals surface area contributed by atoms with E-state index in [9.17, 15) is 14.0 Å². The van der Waals surface area contributed by atoms with Gasteiger partial charge >= 0.3 is 0 Å². The molecular formula is C13H12FN3O2S. The van der Waals surface area contributed by atoms with Gasteiger partial charge in [0.2, 0.25) is 0 Å². The Kier molecular flexibility index (Phi) is 4.52. The number of carbonyl (C=O) groups is 1. The molecule has 0 saturated carbocycles. The molecular weight excluding hydrogens is 281 g/mol. The van der Waals surface area contributed by atoms with Crippen LogP contribution in [0.5, 0.6) is 0 Å². The number of amides is 1. The summed E-state index contributed by atoms with van der Waals surface area (Å²) >= 11 is 3.71. The van der Waals surface area contributed by atoms with E-state index in [2.05, 4.69) is 22.8 Å². The summed E-state index contributed by atoms with van der Waals surface area (Å²) in [6.45, 7) is -0.686. The largest absolute Gasteiger partial charge is 0.301 e. The molecule has 1 heterocycles. The van der Waals surface area contributed by atoms with E-state index in [-0.39, 0.29) is 12.1 Å². The van der Waals surface area contributed by atoms with Crippen LogP contribution in [0.1, 0.15) is 0 Å². The number of nitrogens with zero attached hydrogens (tertiary/aromatic N) is 2. The van der Waals surface area contributed by atoms with Gasteiger partial charge in [-0.2, -0.15) is 5.10 Å². The molecule has 7 heteroatoms. The number of nitrogens with one attached hydrogen (secondary N) is 1. The van der Waals surface area contributed by atoms with Crippen molar-refractivity contribution in [2.75, 3.05) is 18.1 Å². The first-order chi connectivity index (χ1) is 9.61. The maximum Gasteiger partial charge on any atom is 0.283 e. The molecule has 2 rings (SSSR count). The van der Waals surface area contributed by atoms with Crippen molar-refractivity contribution in [3.63, 3.8) is 0 Å². The number of thiol groups is 1. The Morgan fingerprint density at radius 3 is 2.45 bits per heavy atom. The van der Waals surface area contributed by atoms with Gasteiger partial charge in [0, 0.05) is 17.3 Å². The van der Waals surface area contributed by atoms with E-state index in [1.54, 1.807) is 30.3 Å². The number of aromatic nitrogens is 2. The fourth-order valence-corrected chi connectivity index (χ4v) is 1.95. The molecule has 0 spiro atoms. The molecule has 2 aromatic rings. The van der Waals surface area contributed by atoms with Gasteiger partial charge in [-0.25, -0.2) is 9.49 Å². The van der Waals surface area contributed by atoms with Crippen molar-refractivity contribution < 1.29 is 9.18 Å². The maximum absolute atomic E-state index is 12.4. The summed E-state index contributed by atoms with van der Waals surface area (Å²) in [5.41, 5.74) is 1.65. The van der Waals surface area contributed by atoms with Crippen LogP contribution in [0.3, 0.4) is 0 Å². The molecule has 0 aliphatic rings. The highest BCUT2D eigenvalue weighted by Crippen LogP contribution is 2.21. The zero-order valence-electron chi connectivity index (χ0n) is 10.4. The van der Waals surface area contributed by atoms with Crippen LogP contribution in [0, 0.1) is 0 Å². The van der Waals surface area contributed by atoms with Gasteiger partial charge in [-0.15, -0.1) is 0 Å². The van der Waals surface area contributed by atoms with E-state index in [0.717, 1.165) is 5.56 Å². The Morgan fingerprint density at radius 1 is 1.25 bits per heavy atom. The molecule has 1 aromatic heterocycles. The Bertz CT molecular complexity index is 637. The zero-order chi connectivity index (χ0) is 14.5. The topological polar surface area (TPSA) is 66.1 Å². The predicted octanol–water partition coefficient (Wildman–Crippen LogP) is 2.26. The first-order valence-corrected chi connectivity index (χ1v) is 6.29. The van der Waals surface area contributed by atoms with Crippen LogP contribution in [-0.4, -0.2) is 28.7 Å². The lowest BCUT2D eigenvalue weighted by atomic mass is 10.1. The smallest absolute Gasteiger partial charge is 0.283 e. The summed E-state index contributed by atoms with van der Waals surface area (Å²) in [7, 11) is 0. The van der Waals surface area contributed by atoms with Crippen molar-refractivity contribution in [1.29, 1.82) is 0 Å². The minimum absolute atomic E-state index is 0.0431. The van der Waals surface area contributed by atoms with Crippen LogP contribution in [0.4, 0.5) is 14.9 Å². The average molecular weight is 293 g/mol. The molecule has 0 radical (unpaired) electrons. The minimum Gasteiger partial charge on any atom is -0.301 e. The molecule has 0 atom stereocenters. The van der Waals surface area contributed by atoms with Gasteiger partial charge in [0.1, 0.15) is 6.67 Å². The minimum atomic E-state index is -0.643. The van der Waals surface area contributed by atoms with E-state index in [0.29, 0.717) is 11.4 Å². The summed E-state index contributed by atoms with van der Waals surface area (Å²) in [5, 5.41) is 5.73. The summed E-state index contributed by atoms with van der Waals surface area (Å²) in [4.78, 5) is 23.5. The molecule has 104 valence electrons. The van der Waals surface area contributed by atoms with Gasteiger partial charge in [-0.05, 0) is 18.2 Å². The second-order valence-electron chi connectivity index (χ2n) is 3.98. The molecule has 5 nitrogen and oxygen atoms in total. The van der Waals surface area contributed by atoms with Crippen molar-refractivity contribution in [2.24, 2.45) is 0 Å². The monoisotopic (exact) mass is 293 g/mol. The Labute approximate surface area is 119 Å². The summed E-state index contributed by atoms with van der Waals surface area (Å²) in [5.74, 6) is 0. The van der Waals surface area contributed by atoms with Gasteiger partial charge in [-0.1, -0.05) is 24.8 Å². The summed E-state index contributed by atoms with van der Waals surface area (Å²) < 4.78 is 12.4. The number of hydrogen-bond donors (Lipinski definition) is 2. The Morgan fingerprint density at radius 2 is 1.95 bits per heavy atom. The highest BCUT2D eigenvalue weighted by Gasteiger charge is 2.12. The molecule has 0 saturated heterocycles. The number of H-pyrrole nitrogens is 1. The second-order valence-corrected chi connectivity index (χ2v) is 4.36. The highest BCUT2D eigenvalue weighted by molar-refractivity contribution is 7.96. The molecule has 0 aliphatic heterocycles. The first-order valence-electron chi connectivity index (χ1n) is 5.84. The highest BCUT2D eigenvalue weighted by atomic mass is 32.1. The van der Waals surface area contributed by atoms with Crippen LogP contribution in [0.25, 0.3) is 11.3 Å². The van der Waals surface area contributed by atoms with Gasteiger partial charge in [0.25, 0.3) is 10.8 Å². The molecule has 0 unspecified atom stereocenters. The third-order valence-electron chi connectivity index (χ3n) is 2.69. The van der Waals surface area contributed by atoms with E-state index in [1.807, 2.05) is 0 Å². The van der Waals surface area contributed by atoms with Gasteiger partial charge in [-0.3, -0.25) is 9.59 Å². The summed E-state index contributed by atoms with van der Waals surface area (Å²) in [6.07, 6.45) is 0. The quantitative estimate of drug-likeness (QED) is 0.850. The third kappa shape index (κ3) is 3.24. The predicted molar refractivity (Wildman–Crippen MR) is 78.0 cm³/mol. The van der Waals surface area contributed by atoms with Gasteiger partial charge < -0.3 is 4.90 Å². The second kappa shape index (κ2) is 6.33. The first kappa shape index (κ1) is 14.3. The number of hydrogen-bond acceptors (Lipinski definition) is 3. The molecule has 20 heavy (non-hydrogen) atoms. The van der Waals surface area contributed by atoms with Crippen LogP contribution in [0.2, 0.25) is 0 Å². The molecule has 0 aliphatic carbocycles. The molecule has 0 bridgehead atoms. The maximum atomic E-state index is 12.4. The number of anilines is 1. The number of benzene rings is 1. The van der Waals surface area contributed by atoms with Crippen molar-refractivity contribution in [1.82, 2.24) is 10.2 Å². The number of carbonyl (C=O) groups excluding carboxylic acids is 1. The van der Waals surface area contributed by atoms with E-state index in [4.69, 9.17) is 0 Å². The molecule has 0 fully saturated rings. The zero-order valence-corrected chi connectivity index (χ0v) is 11.3. The number of rotatable bonds is 4. The van der Waals surface area contributed by atoms with E-state index >= 15 is 0 Å². The fourth-order valence-electron chi connectivity index (χ4n) is 1.74. The average Bonchev–Trinajstić information content (AvgIpc) is 2.45. The van der Waals surface area contributed by atoms with Crippen molar-refractivity contribution >= 4 is 23.6 Å². The van der Waals surface area contributed by atoms with Crippen molar-refractivity contribution in [3.05, 3.63) is 46.8 Å². The van der Waals surface area contributed by atoms with Crippen LogP contribution < -0.4 is 10.5 Å². The lowest BCUT2D eigenvalue weighted by Gasteiger charge is -2.18. The van der Waals surface area contributed by atoms with E-state index in [1.165, 1.54) is 11.0 Å².